The van der Waals surface area contributed by atoms with Gasteiger partial charge in [0.25, 0.3) is 15.0 Å². The summed E-state index contributed by atoms with van der Waals surface area (Å²) in [6.07, 6.45) is 2.85. The minimum Gasteiger partial charge on any atom is -0.495 e. The Balaban J connectivity index is 2.39. The van der Waals surface area contributed by atoms with Gasteiger partial charge in [0.1, 0.15) is 10.6 Å². The zero-order chi connectivity index (χ0) is 15.6. The van der Waals surface area contributed by atoms with Crippen LogP contribution in [-0.4, -0.2) is 38.9 Å². The Morgan fingerprint density at radius 1 is 1.48 bits per heavy atom. The van der Waals surface area contributed by atoms with Gasteiger partial charge in [0.05, 0.1) is 7.11 Å². The van der Waals surface area contributed by atoms with Crippen LogP contribution in [0.3, 0.4) is 0 Å². The molecule has 1 aromatic rings. The Hall–Kier alpha value is -1.27. The number of hydrogen-bond acceptors (Lipinski definition) is 4. The SMILES string of the molecule is CCC1CCCN1C(=O)c1ccc(OC)c(S(=O)(=O)Cl)c1. The zero-order valence-corrected chi connectivity index (χ0v) is 13.6. The molecule has 0 saturated carbocycles. The summed E-state index contributed by atoms with van der Waals surface area (Å²) in [4.78, 5) is 14.2. The molecule has 116 valence electrons. The number of hydrogen-bond donors (Lipinski definition) is 0. The van der Waals surface area contributed by atoms with E-state index in [0.717, 1.165) is 19.3 Å². The lowest BCUT2D eigenvalue weighted by Crippen LogP contribution is -2.35. The molecule has 1 atom stereocenters. The standard InChI is InChI=1S/C14H18ClNO4S/c1-3-11-5-4-8-16(11)14(17)10-6-7-12(20-2)13(9-10)21(15,18)19/h6-7,9,11H,3-5,8H2,1-2H3. The highest BCUT2D eigenvalue weighted by Gasteiger charge is 2.29. The molecule has 1 aliphatic rings. The first kappa shape index (κ1) is 16.1. The number of rotatable bonds is 4. The van der Waals surface area contributed by atoms with Gasteiger partial charge in [0.2, 0.25) is 0 Å². The van der Waals surface area contributed by atoms with Crippen LogP contribution in [-0.2, 0) is 9.05 Å². The first-order valence-electron chi connectivity index (χ1n) is 6.82. The average Bonchev–Trinajstić information content (AvgIpc) is 2.93. The van der Waals surface area contributed by atoms with Crippen LogP contribution in [0.5, 0.6) is 5.75 Å². The van der Waals surface area contributed by atoms with Crippen molar-refractivity contribution in [1.82, 2.24) is 4.90 Å². The molecule has 1 amide bonds. The second kappa shape index (κ2) is 6.23. The maximum absolute atomic E-state index is 12.5. The van der Waals surface area contributed by atoms with Crippen LogP contribution in [0.15, 0.2) is 23.1 Å². The molecule has 1 aliphatic heterocycles. The lowest BCUT2D eigenvalue weighted by atomic mass is 10.1. The maximum Gasteiger partial charge on any atom is 0.265 e. The molecule has 2 rings (SSSR count). The van der Waals surface area contributed by atoms with E-state index in [0.29, 0.717) is 12.1 Å². The van der Waals surface area contributed by atoms with Crippen molar-refractivity contribution in [2.45, 2.75) is 37.1 Å². The molecule has 1 fully saturated rings. The zero-order valence-electron chi connectivity index (χ0n) is 12.0. The first-order chi connectivity index (χ1) is 9.88. The smallest absolute Gasteiger partial charge is 0.265 e. The van der Waals surface area contributed by atoms with Crippen molar-refractivity contribution in [3.05, 3.63) is 23.8 Å². The predicted octanol–water partition coefficient (Wildman–Crippen LogP) is 2.64. The molecule has 7 heteroatoms. The van der Waals surface area contributed by atoms with E-state index in [4.69, 9.17) is 15.4 Å². The molecule has 1 unspecified atom stereocenters. The Morgan fingerprint density at radius 2 is 2.19 bits per heavy atom. The van der Waals surface area contributed by atoms with Crippen molar-refractivity contribution in [2.24, 2.45) is 0 Å². The topological polar surface area (TPSA) is 63.7 Å². The predicted molar refractivity (Wildman–Crippen MR) is 80.4 cm³/mol. The average molecular weight is 332 g/mol. The van der Waals surface area contributed by atoms with Gasteiger partial charge in [0.15, 0.2) is 0 Å². The highest BCUT2D eigenvalue weighted by molar-refractivity contribution is 8.13. The molecular formula is C14H18ClNO4S. The van der Waals surface area contributed by atoms with Crippen LogP contribution in [0.1, 0.15) is 36.5 Å². The molecule has 0 bridgehead atoms. The summed E-state index contributed by atoms with van der Waals surface area (Å²) in [6.45, 7) is 2.74. The lowest BCUT2D eigenvalue weighted by Gasteiger charge is -2.24. The molecule has 0 aromatic heterocycles. The van der Waals surface area contributed by atoms with Gasteiger partial charge in [-0.1, -0.05) is 6.92 Å². The molecule has 0 N–H and O–H groups in total. The summed E-state index contributed by atoms with van der Waals surface area (Å²) in [5.74, 6) is -0.0291. The minimum atomic E-state index is -3.97. The fourth-order valence-corrected chi connectivity index (χ4v) is 3.71. The quantitative estimate of drug-likeness (QED) is 0.796. The Bertz CT molecular complexity index is 644. The number of nitrogens with zero attached hydrogens (tertiary/aromatic N) is 1. The fraction of sp³-hybridized carbons (Fsp3) is 0.500. The molecule has 1 aromatic carbocycles. The van der Waals surface area contributed by atoms with E-state index in [1.54, 1.807) is 11.0 Å². The molecule has 0 aliphatic carbocycles. The van der Waals surface area contributed by atoms with Crippen molar-refractivity contribution in [1.29, 1.82) is 0 Å². The second-order valence-electron chi connectivity index (χ2n) is 5.01. The summed E-state index contributed by atoms with van der Waals surface area (Å²) in [5.41, 5.74) is 0.315. The van der Waals surface area contributed by atoms with E-state index in [1.807, 2.05) is 6.92 Å². The Kier molecular flexibility index (Phi) is 4.78. The van der Waals surface area contributed by atoms with E-state index < -0.39 is 9.05 Å². The van der Waals surface area contributed by atoms with Crippen LogP contribution in [0.25, 0.3) is 0 Å². The summed E-state index contributed by atoms with van der Waals surface area (Å²) in [6, 6.07) is 4.53. The van der Waals surface area contributed by atoms with Gasteiger partial charge in [0, 0.05) is 28.8 Å². The third-order valence-corrected chi connectivity index (χ3v) is 5.13. The summed E-state index contributed by atoms with van der Waals surface area (Å²) in [7, 11) is 2.79. The van der Waals surface area contributed by atoms with Gasteiger partial charge in [-0.25, -0.2) is 8.42 Å². The minimum absolute atomic E-state index is 0.134. The Morgan fingerprint density at radius 3 is 2.76 bits per heavy atom. The van der Waals surface area contributed by atoms with E-state index in [-0.39, 0.29) is 22.6 Å². The van der Waals surface area contributed by atoms with Gasteiger partial charge >= 0.3 is 0 Å². The van der Waals surface area contributed by atoms with Crippen LogP contribution >= 0.6 is 10.7 Å². The summed E-state index contributed by atoms with van der Waals surface area (Å²) in [5, 5.41) is 0. The van der Waals surface area contributed by atoms with Gasteiger partial charge in [-0.3, -0.25) is 4.79 Å². The van der Waals surface area contributed by atoms with Gasteiger partial charge in [-0.2, -0.15) is 0 Å². The third kappa shape index (κ3) is 3.32. The van der Waals surface area contributed by atoms with Crippen molar-refractivity contribution < 1.29 is 17.9 Å². The highest BCUT2D eigenvalue weighted by Crippen LogP contribution is 2.29. The molecular weight excluding hydrogens is 314 g/mol. The monoisotopic (exact) mass is 331 g/mol. The third-order valence-electron chi connectivity index (χ3n) is 3.78. The molecule has 0 spiro atoms. The number of amides is 1. The number of carbonyl (C=O) groups is 1. The molecule has 0 radical (unpaired) electrons. The molecule has 21 heavy (non-hydrogen) atoms. The Labute approximate surface area is 129 Å². The van der Waals surface area contributed by atoms with Crippen molar-refractivity contribution >= 4 is 25.6 Å². The van der Waals surface area contributed by atoms with Crippen LogP contribution in [0.4, 0.5) is 0 Å². The van der Waals surface area contributed by atoms with E-state index in [1.165, 1.54) is 19.2 Å². The largest absolute Gasteiger partial charge is 0.495 e. The number of benzene rings is 1. The molecule has 1 heterocycles. The van der Waals surface area contributed by atoms with Gasteiger partial charge < -0.3 is 9.64 Å². The van der Waals surface area contributed by atoms with E-state index in [2.05, 4.69) is 0 Å². The lowest BCUT2D eigenvalue weighted by molar-refractivity contribution is 0.0733. The highest BCUT2D eigenvalue weighted by atomic mass is 35.7. The van der Waals surface area contributed by atoms with Gasteiger partial charge in [-0.15, -0.1) is 0 Å². The number of ether oxygens (including phenoxy) is 1. The van der Waals surface area contributed by atoms with Crippen molar-refractivity contribution in [3.8, 4) is 5.75 Å². The number of methoxy groups -OCH3 is 1. The number of halogens is 1. The maximum atomic E-state index is 12.5. The van der Waals surface area contributed by atoms with E-state index in [9.17, 15) is 13.2 Å². The van der Waals surface area contributed by atoms with Crippen LogP contribution in [0, 0.1) is 0 Å². The number of carbonyl (C=O) groups excluding carboxylic acids is 1. The van der Waals surface area contributed by atoms with Gasteiger partial charge in [-0.05, 0) is 37.5 Å². The first-order valence-corrected chi connectivity index (χ1v) is 9.13. The molecule has 5 nitrogen and oxygen atoms in total. The second-order valence-corrected chi connectivity index (χ2v) is 7.54. The van der Waals surface area contributed by atoms with Crippen LogP contribution in [0.2, 0.25) is 0 Å². The fourth-order valence-electron chi connectivity index (χ4n) is 2.69. The van der Waals surface area contributed by atoms with Crippen molar-refractivity contribution in [2.75, 3.05) is 13.7 Å². The normalized spacial score (nSPS) is 18.8. The summed E-state index contributed by atoms with van der Waals surface area (Å²) < 4.78 is 28.2. The van der Waals surface area contributed by atoms with E-state index >= 15 is 0 Å². The summed E-state index contributed by atoms with van der Waals surface area (Å²) >= 11 is 0. The van der Waals surface area contributed by atoms with Crippen LogP contribution < -0.4 is 4.74 Å². The number of likely N-dealkylation sites (tertiary alicyclic amines) is 1. The molecule has 1 saturated heterocycles. The van der Waals surface area contributed by atoms with Crippen molar-refractivity contribution in [3.63, 3.8) is 0 Å².